The van der Waals surface area contributed by atoms with Crippen molar-refractivity contribution < 1.29 is 4.79 Å². The first-order chi connectivity index (χ1) is 7.58. The molecule has 1 aliphatic rings. The summed E-state index contributed by atoms with van der Waals surface area (Å²) in [7, 11) is 0. The second-order valence-electron chi connectivity index (χ2n) is 3.92. The lowest BCUT2D eigenvalue weighted by molar-refractivity contribution is 0.0790. The minimum absolute atomic E-state index is 0. The number of nitrogens with zero attached hydrogens (tertiary/aromatic N) is 1. The SMILES string of the molecule is Cl.N[C@@H]1CCN(C(=O)c2cc(Cl)ccc2I)C1. The van der Waals surface area contributed by atoms with Gasteiger partial charge in [0, 0.05) is 27.7 Å². The van der Waals surface area contributed by atoms with E-state index in [1.54, 1.807) is 17.0 Å². The second kappa shape index (κ2) is 6.22. The van der Waals surface area contributed by atoms with Gasteiger partial charge >= 0.3 is 0 Å². The molecule has 1 aliphatic heterocycles. The fourth-order valence-corrected chi connectivity index (χ4v) is 2.54. The summed E-state index contributed by atoms with van der Waals surface area (Å²) in [5, 5.41) is 0.590. The molecule has 0 bridgehead atoms. The Morgan fingerprint density at radius 3 is 2.82 bits per heavy atom. The quantitative estimate of drug-likeness (QED) is 0.754. The van der Waals surface area contributed by atoms with Crippen molar-refractivity contribution in [2.24, 2.45) is 5.73 Å². The molecule has 3 nitrogen and oxygen atoms in total. The maximum atomic E-state index is 12.2. The Morgan fingerprint density at radius 2 is 2.24 bits per heavy atom. The first-order valence-electron chi connectivity index (χ1n) is 5.08. The predicted octanol–water partition coefficient (Wildman–Crippen LogP) is 2.54. The van der Waals surface area contributed by atoms with Gasteiger partial charge in [-0.1, -0.05) is 11.6 Å². The van der Waals surface area contributed by atoms with E-state index < -0.39 is 0 Å². The first-order valence-corrected chi connectivity index (χ1v) is 6.53. The van der Waals surface area contributed by atoms with Crippen LogP contribution >= 0.6 is 46.6 Å². The van der Waals surface area contributed by atoms with Crippen molar-refractivity contribution >= 4 is 52.5 Å². The van der Waals surface area contributed by atoms with E-state index in [0.29, 0.717) is 17.1 Å². The highest BCUT2D eigenvalue weighted by Crippen LogP contribution is 2.21. The third-order valence-electron chi connectivity index (χ3n) is 2.67. The lowest BCUT2D eigenvalue weighted by Crippen LogP contribution is -2.32. The van der Waals surface area contributed by atoms with Crippen LogP contribution in [0.3, 0.4) is 0 Å². The van der Waals surface area contributed by atoms with Crippen LogP contribution in [0.1, 0.15) is 16.8 Å². The molecule has 1 fully saturated rings. The Labute approximate surface area is 125 Å². The summed E-state index contributed by atoms with van der Waals surface area (Å²) < 4.78 is 0.924. The number of hydrogen-bond donors (Lipinski definition) is 1. The first kappa shape index (κ1) is 15.0. The van der Waals surface area contributed by atoms with Gasteiger partial charge in [0.15, 0.2) is 0 Å². The number of benzene rings is 1. The summed E-state index contributed by atoms with van der Waals surface area (Å²) in [6.45, 7) is 1.38. The number of halogens is 3. The van der Waals surface area contributed by atoms with Gasteiger partial charge in [0.2, 0.25) is 0 Å². The molecule has 1 saturated heterocycles. The number of hydrogen-bond acceptors (Lipinski definition) is 2. The number of likely N-dealkylation sites (tertiary alicyclic amines) is 1. The van der Waals surface area contributed by atoms with Gasteiger partial charge in [-0.2, -0.15) is 0 Å². The molecule has 0 unspecified atom stereocenters. The van der Waals surface area contributed by atoms with Gasteiger partial charge < -0.3 is 10.6 Å². The van der Waals surface area contributed by atoms with Gasteiger partial charge in [-0.3, -0.25) is 4.79 Å². The number of carbonyl (C=O) groups is 1. The molecule has 0 aromatic heterocycles. The van der Waals surface area contributed by atoms with Crippen LogP contribution in [-0.2, 0) is 0 Å². The van der Waals surface area contributed by atoms with Crippen molar-refractivity contribution in [3.8, 4) is 0 Å². The van der Waals surface area contributed by atoms with Crippen molar-refractivity contribution in [2.75, 3.05) is 13.1 Å². The van der Waals surface area contributed by atoms with E-state index in [9.17, 15) is 4.79 Å². The molecule has 0 aliphatic carbocycles. The van der Waals surface area contributed by atoms with Gasteiger partial charge in [-0.15, -0.1) is 12.4 Å². The molecule has 1 atom stereocenters. The highest BCUT2D eigenvalue weighted by molar-refractivity contribution is 14.1. The normalized spacial score (nSPS) is 19.0. The van der Waals surface area contributed by atoms with E-state index >= 15 is 0 Å². The van der Waals surface area contributed by atoms with Crippen LogP contribution in [0.2, 0.25) is 5.02 Å². The third kappa shape index (κ3) is 3.47. The monoisotopic (exact) mass is 386 g/mol. The molecule has 1 aromatic carbocycles. The summed E-state index contributed by atoms with van der Waals surface area (Å²) >= 11 is 8.04. The molecule has 94 valence electrons. The highest BCUT2D eigenvalue weighted by Gasteiger charge is 2.25. The van der Waals surface area contributed by atoms with Gasteiger partial charge in [-0.05, 0) is 47.2 Å². The van der Waals surface area contributed by atoms with E-state index in [1.807, 2.05) is 6.07 Å². The van der Waals surface area contributed by atoms with Crippen molar-refractivity contribution in [2.45, 2.75) is 12.5 Å². The minimum atomic E-state index is 0. The van der Waals surface area contributed by atoms with Crippen LogP contribution in [0.5, 0.6) is 0 Å². The van der Waals surface area contributed by atoms with Crippen molar-refractivity contribution in [1.29, 1.82) is 0 Å². The van der Waals surface area contributed by atoms with Crippen LogP contribution in [-0.4, -0.2) is 29.9 Å². The Morgan fingerprint density at radius 1 is 1.53 bits per heavy atom. The molecule has 17 heavy (non-hydrogen) atoms. The predicted molar refractivity (Wildman–Crippen MR) is 79.9 cm³/mol. The zero-order chi connectivity index (χ0) is 11.7. The summed E-state index contributed by atoms with van der Waals surface area (Å²) in [6.07, 6.45) is 0.878. The Kier molecular flexibility index (Phi) is 5.50. The molecule has 0 spiro atoms. The third-order valence-corrected chi connectivity index (χ3v) is 3.85. The van der Waals surface area contributed by atoms with Crippen molar-refractivity contribution in [1.82, 2.24) is 4.90 Å². The molecular weight excluding hydrogens is 374 g/mol. The van der Waals surface area contributed by atoms with Gasteiger partial charge in [0.1, 0.15) is 0 Å². The summed E-state index contributed by atoms with van der Waals surface area (Å²) in [5.41, 5.74) is 6.46. The van der Waals surface area contributed by atoms with E-state index in [4.69, 9.17) is 17.3 Å². The Hall–Kier alpha value is -0.0400. The van der Waals surface area contributed by atoms with Crippen LogP contribution in [0.25, 0.3) is 0 Å². The molecule has 1 aromatic rings. The summed E-state index contributed by atoms with van der Waals surface area (Å²) in [6, 6.07) is 5.47. The second-order valence-corrected chi connectivity index (χ2v) is 5.52. The smallest absolute Gasteiger partial charge is 0.255 e. The Bertz CT molecular complexity index is 428. The van der Waals surface area contributed by atoms with Gasteiger partial charge in [0.05, 0.1) is 5.56 Å². The zero-order valence-electron chi connectivity index (χ0n) is 9.03. The molecule has 6 heteroatoms. The fraction of sp³-hybridized carbons (Fsp3) is 0.364. The minimum Gasteiger partial charge on any atom is -0.337 e. The maximum Gasteiger partial charge on any atom is 0.255 e. The molecule has 0 saturated carbocycles. The average Bonchev–Trinajstić information content (AvgIpc) is 2.67. The van der Waals surface area contributed by atoms with E-state index in [-0.39, 0.29) is 24.4 Å². The number of amides is 1. The summed E-state index contributed by atoms with van der Waals surface area (Å²) in [4.78, 5) is 14.0. The largest absolute Gasteiger partial charge is 0.337 e. The lowest BCUT2D eigenvalue weighted by atomic mass is 10.2. The Balaban J connectivity index is 0.00000144. The molecule has 2 rings (SSSR count). The molecule has 0 radical (unpaired) electrons. The molecule has 2 N–H and O–H groups in total. The zero-order valence-corrected chi connectivity index (χ0v) is 12.8. The van der Waals surface area contributed by atoms with E-state index in [1.165, 1.54) is 0 Å². The topological polar surface area (TPSA) is 46.3 Å². The van der Waals surface area contributed by atoms with Crippen LogP contribution in [0.4, 0.5) is 0 Å². The van der Waals surface area contributed by atoms with Crippen molar-refractivity contribution in [3.63, 3.8) is 0 Å². The van der Waals surface area contributed by atoms with Gasteiger partial charge in [0.25, 0.3) is 5.91 Å². The lowest BCUT2D eigenvalue weighted by Gasteiger charge is -2.16. The van der Waals surface area contributed by atoms with Crippen LogP contribution in [0, 0.1) is 3.57 Å². The number of rotatable bonds is 1. The highest BCUT2D eigenvalue weighted by atomic mass is 127. The molecule has 1 heterocycles. The fourth-order valence-electron chi connectivity index (χ4n) is 1.80. The van der Waals surface area contributed by atoms with Crippen LogP contribution in [0.15, 0.2) is 18.2 Å². The number of nitrogens with two attached hydrogens (primary N) is 1. The van der Waals surface area contributed by atoms with Gasteiger partial charge in [-0.25, -0.2) is 0 Å². The number of carbonyl (C=O) groups excluding carboxylic acids is 1. The van der Waals surface area contributed by atoms with Crippen LogP contribution < -0.4 is 5.73 Å². The summed E-state index contributed by atoms with van der Waals surface area (Å²) in [5.74, 6) is 0.0276. The van der Waals surface area contributed by atoms with Crippen molar-refractivity contribution in [3.05, 3.63) is 32.4 Å². The van der Waals surface area contributed by atoms with E-state index in [2.05, 4.69) is 22.6 Å². The maximum absolute atomic E-state index is 12.2. The van der Waals surface area contributed by atoms with E-state index in [0.717, 1.165) is 16.5 Å². The average molecular weight is 387 g/mol. The molecule has 1 amide bonds. The standard InChI is InChI=1S/C11H12ClIN2O.ClH/c12-7-1-2-10(13)9(5-7)11(16)15-4-3-8(14)6-15;/h1-2,5,8H,3-4,6,14H2;1H/t8-;/m1./s1. The molecular formula is C11H13Cl2IN2O.